The third-order valence-corrected chi connectivity index (χ3v) is 0.981. The van der Waals surface area contributed by atoms with Crippen LogP contribution < -0.4 is 5.73 Å². The highest BCUT2D eigenvalue weighted by atomic mass is 16.1. The average molecular weight is 128 g/mol. The molecule has 51 valence electrons. The third kappa shape index (κ3) is 5.00. The number of nitrogens with two attached hydrogens (primary N) is 1. The summed E-state index contributed by atoms with van der Waals surface area (Å²) in [5.41, 5.74) is 4.85. The molecule has 1 unspecified atom stereocenters. The minimum atomic E-state index is -0.363. The molecule has 3 heteroatoms. The molecule has 0 aliphatic rings. The van der Waals surface area contributed by atoms with E-state index in [1.54, 1.807) is 13.2 Å². The van der Waals surface area contributed by atoms with Crippen LogP contribution in [0.3, 0.4) is 0 Å². The molecule has 2 N–H and O–H groups in total. The summed E-state index contributed by atoms with van der Waals surface area (Å²) in [6, 6.07) is 0. The first-order chi connectivity index (χ1) is 4.16. The first-order valence-electron chi connectivity index (χ1n) is 2.80. The lowest BCUT2D eigenvalue weighted by Crippen LogP contribution is -2.14. The van der Waals surface area contributed by atoms with Gasteiger partial charge in [0, 0.05) is 12.8 Å². The molecule has 0 aromatic heterocycles. The van der Waals surface area contributed by atoms with E-state index in [4.69, 9.17) is 5.73 Å². The number of carbonyl (C=O) groups excluding carboxylic acids is 2. The van der Waals surface area contributed by atoms with Gasteiger partial charge in [-0.3, -0.25) is 9.59 Å². The first-order valence-corrected chi connectivity index (χ1v) is 2.80. The van der Waals surface area contributed by atoms with Crippen LogP contribution >= 0.6 is 0 Å². The van der Waals surface area contributed by atoms with E-state index in [9.17, 15) is 9.59 Å². The van der Waals surface area contributed by atoms with Crippen LogP contribution in [0.25, 0.3) is 0 Å². The Balaban J connectivity index is 3.37. The molecule has 0 fully saturated rings. The molecule has 0 aliphatic carbocycles. The molecular weight excluding hydrogens is 118 g/mol. The molecule has 9 heavy (non-hydrogen) atoms. The van der Waals surface area contributed by atoms with E-state index in [0.717, 1.165) is 0 Å². The Bertz CT molecular complexity index is 112. The predicted octanol–water partition coefficient (Wildman–Crippen LogP) is -0.00230. The molecule has 0 aromatic carbocycles. The van der Waals surface area contributed by atoms with Crippen molar-refractivity contribution in [2.75, 3.05) is 0 Å². The quantitative estimate of drug-likeness (QED) is 0.579. The van der Waals surface area contributed by atoms with E-state index >= 15 is 0 Å². The molecule has 0 spiro atoms. The van der Waals surface area contributed by atoms with Crippen molar-refractivity contribution in [2.24, 2.45) is 11.7 Å². The van der Waals surface area contributed by atoms with Crippen molar-refractivity contribution in [2.45, 2.75) is 19.8 Å². The fourth-order valence-corrected chi connectivity index (χ4v) is 0.558. The van der Waals surface area contributed by atoms with Gasteiger partial charge in [-0.15, -0.1) is 0 Å². The van der Waals surface area contributed by atoms with Crippen molar-refractivity contribution in [1.82, 2.24) is 0 Å². The van der Waals surface area contributed by atoms with E-state index in [1.807, 2.05) is 0 Å². The smallest absolute Gasteiger partial charge is 0.217 e. The maximum absolute atomic E-state index is 10.2. The van der Waals surface area contributed by atoms with Gasteiger partial charge >= 0.3 is 0 Å². The van der Waals surface area contributed by atoms with Crippen LogP contribution in [0, 0.1) is 5.92 Å². The van der Waals surface area contributed by atoms with E-state index in [-0.39, 0.29) is 18.2 Å². The molecular formula is C6H10NO2. The second-order valence-electron chi connectivity index (χ2n) is 2.12. The van der Waals surface area contributed by atoms with E-state index in [1.165, 1.54) is 0 Å². The summed E-state index contributed by atoms with van der Waals surface area (Å²) in [6.07, 6.45) is 2.28. The molecule has 1 radical (unpaired) electrons. The lowest BCUT2D eigenvalue weighted by atomic mass is 10.1. The van der Waals surface area contributed by atoms with Gasteiger partial charge in [-0.25, -0.2) is 0 Å². The number of rotatable bonds is 4. The molecule has 0 aliphatic heterocycles. The highest BCUT2D eigenvalue weighted by Crippen LogP contribution is 2.02. The van der Waals surface area contributed by atoms with E-state index in [2.05, 4.69) is 0 Å². The first kappa shape index (κ1) is 8.14. The van der Waals surface area contributed by atoms with Crippen LogP contribution in [0.1, 0.15) is 19.8 Å². The number of hydrogen-bond acceptors (Lipinski definition) is 2. The zero-order valence-corrected chi connectivity index (χ0v) is 5.39. The summed E-state index contributed by atoms with van der Waals surface area (Å²) >= 11 is 0. The third-order valence-electron chi connectivity index (χ3n) is 0.981. The van der Waals surface area contributed by atoms with Crippen LogP contribution in [0.4, 0.5) is 0 Å². The molecule has 0 heterocycles. The largest absolute Gasteiger partial charge is 0.370 e. The predicted molar refractivity (Wildman–Crippen MR) is 33.3 cm³/mol. The molecule has 0 rings (SSSR count). The van der Waals surface area contributed by atoms with Gasteiger partial charge in [-0.2, -0.15) is 0 Å². The zero-order valence-electron chi connectivity index (χ0n) is 5.39. The van der Waals surface area contributed by atoms with Gasteiger partial charge in [0.25, 0.3) is 0 Å². The van der Waals surface area contributed by atoms with Crippen molar-refractivity contribution in [3.05, 3.63) is 0 Å². The highest BCUT2D eigenvalue weighted by Gasteiger charge is 2.04. The molecule has 1 atom stereocenters. The van der Waals surface area contributed by atoms with Crippen LogP contribution in [-0.4, -0.2) is 12.2 Å². The van der Waals surface area contributed by atoms with Crippen molar-refractivity contribution in [3.8, 4) is 0 Å². The van der Waals surface area contributed by atoms with Gasteiger partial charge in [0.1, 0.15) is 0 Å². The average Bonchev–Trinajstić information content (AvgIpc) is 1.63. The van der Waals surface area contributed by atoms with Crippen LogP contribution in [0.15, 0.2) is 0 Å². The number of primary amides is 1. The summed E-state index contributed by atoms with van der Waals surface area (Å²) in [5.74, 6) is -0.322. The summed E-state index contributed by atoms with van der Waals surface area (Å²) < 4.78 is 0. The number of amides is 1. The van der Waals surface area contributed by atoms with Gasteiger partial charge < -0.3 is 5.73 Å². The molecule has 0 saturated carbocycles. The minimum Gasteiger partial charge on any atom is -0.370 e. The normalized spacial score (nSPS) is 12.6. The topological polar surface area (TPSA) is 60.2 Å². The van der Waals surface area contributed by atoms with Gasteiger partial charge in [0.2, 0.25) is 5.91 Å². The lowest BCUT2D eigenvalue weighted by molar-refractivity contribution is -0.118. The molecule has 0 saturated heterocycles. The fraction of sp³-hybridized carbons (Fsp3) is 0.667. The summed E-state index contributed by atoms with van der Waals surface area (Å²) in [5, 5.41) is 0. The Hall–Kier alpha value is -0.860. The van der Waals surface area contributed by atoms with Crippen LogP contribution in [-0.2, 0) is 9.59 Å². The Morgan fingerprint density at radius 1 is 1.78 bits per heavy atom. The van der Waals surface area contributed by atoms with Gasteiger partial charge in [-0.05, 0) is 5.92 Å². The zero-order chi connectivity index (χ0) is 7.28. The fourth-order valence-electron chi connectivity index (χ4n) is 0.558. The Morgan fingerprint density at radius 2 is 2.33 bits per heavy atom. The number of hydrogen-bond donors (Lipinski definition) is 1. The Kier molecular flexibility index (Phi) is 3.67. The van der Waals surface area contributed by atoms with Crippen molar-refractivity contribution in [3.63, 3.8) is 0 Å². The second-order valence-corrected chi connectivity index (χ2v) is 2.12. The molecule has 1 amide bonds. The maximum Gasteiger partial charge on any atom is 0.217 e. The Morgan fingerprint density at radius 3 is 2.67 bits per heavy atom. The SMILES string of the molecule is CC(C[C]=O)CC(N)=O. The van der Waals surface area contributed by atoms with Crippen molar-refractivity contribution in [1.29, 1.82) is 0 Å². The minimum absolute atomic E-state index is 0.0417. The lowest BCUT2D eigenvalue weighted by Gasteiger charge is -2.00. The Labute approximate surface area is 54.2 Å². The van der Waals surface area contributed by atoms with Crippen molar-refractivity contribution >= 4 is 12.2 Å². The highest BCUT2D eigenvalue weighted by molar-refractivity contribution is 5.74. The molecule has 0 bridgehead atoms. The monoisotopic (exact) mass is 128 g/mol. The van der Waals surface area contributed by atoms with E-state index < -0.39 is 0 Å². The van der Waals surface area contributed by atoms with Gasteiger partial charge in [0.15, 0.2) is 6.29 Å². The molecule has 3 nitrogen and oxygen atoms in total. The van der Waals surface area contributed by atoms with Crippen molar-refractivity contribution < 1.29 is 9.59 Å². The second kappa shape index (κ2) is 4.06. The molecule has 0 aromatic rings. The van der Waals surface area contributed by atoms with Crippen LogP contribution in [0.2, 0.25) is 0 Å². The summed E-state index contributed by atoms with van der Waals surface area (Å²) in [4.78, 5) is 19.9. The standard InChI is InChI=1S/C6H10NO2/c1-5(2-3-8)4-6(7)9/h5H,2,4H2,1H3,(H2,7,9). The maximum atomic E-state index is 10.2. The summed E-state index contributed by atoms with van der Waals surface area (Å²) in [6.45, 7) is 1.79. The van der Waals surface area contributed by atoms with E-state index in [0.29, 0.717) is 6.42 Å². The number of carbonyl (C=O) groups is 1. The van der Waals surface area contributed by atoms with Gasteiger partial charge in [0.05, 0.1) is 0 Å². The van der Waals surface area contributed by atoms with Gasteiger partial charge in [-0.1, -0.05) is 6.92 Å². The van der Waals surface area contributed by atoms with Crippen LogP contribution in [0.5, 0.6) is 0 Å². The summed E-state index contributed by atoms with van der Waals surface area (Å²) in [7, 11) is 0.